The van der Waals surface area contributed by atoms with Crippen LogP contribution in [0, 0.1) is 5.41 Å². The second-order valence-corrected chi connectivity index (χ2v) is 7.87. The molecule has 0 aliphatic heterocycles. The van der Waals surface area contributed by atoms with Gasteiger partial charge in [0.2, 0.25) is 0 Å². The molecule has 1 unspecified atom stereocenters. The number of allylic oxidation sites excluding steroid dienone is 4. The first-order valence-electron chi connectivity index (χ1n) is 9.96. The second-order valence-electron chi connectivity index (χ2n) is 7.29. The van der Waals surface area contributed by atoms with E-state index in [4.69, 9.17) is 0 Å². The van der Waals surface area contributed by atoms with E-state index in [0.29, 0.717) is 0 Å². The molecule has 0 radical (unpaired) electrons. The lowest BCUT2D eigenvalue weighted by Crippen LogP contribution is -2.19. The van der Waals surface area contributed by atoms with Crippen molar-refractivity contribution in [1.29, 1.82) is 0 Å². The molecule has 1 atom stereocenters. The highest BCUT2D eigenvalue weighted by Gasteiger charge is 2.36. The fourth-order valence-corrected chi connectivity index (χ4v) is 4.47. The molecule has 0 amide bonds. The first kappa shape index (κ1) is 18.8. The first-order chi connectivity index (χ1) is 12.8. The molecule has 1 heteroatoms. The summed E-state index contributed by atoms with van der Waals surface area (Å²) in [6.07, 6.45) is 12.4. The van der Waals surface area contributed by atoms with Gasteiger partial charge in [0.25, 0.3) is 0 Å². The van der Waals surface area contributed by atoms with Crippen LogP contribution in [-0.4, -0.2) is 15.5 Å². The lowest BCUT2D eigenvalue weighted by molar-refractivity contribution is 0.410. The van der Waals surface area contributed by atoms with Gasteiger partial charge in [-0.25, -0.2) is 0 Å². The highest BCUT2D eigenvalue weighted by molar-refractivity contribution is 6.27. The van der Waals surface area contributed by atoms with E-state index in [2.05, 4.69) is 85.4 Å². The zero-order valence-electron chi connectivity index (χ0n) is 16.0. The van der Waals surface area contributed by atoms with E-state index >= 15 is 0 Å². The van der Waals surface area contributed by atoms with Gasteiger partial charge in [0.15, 0.2) is 0 Å². The van der Waals surface area contributed by atoms with Gasteiger partial charge in [-0.1, -0.05) is 92.6 Å². The van der Waals surface area contributed by atoms with Crippen LogP contribution in [-0.2, 0) is 0 Å². The topological polar surface area (TPSA) is 0 Å². The normalized spacial score (nSPS) is 19.1. The SMILES string of the molecule is CCCCC1(CCCC=[SiH2])C=CC(c2ccccc2)=C1c1ccccc1. The van der Waals surface area contributed by atoms with Crippen LogP contribution in [0.25, 0.3) is 11.1 Å². The Labute approximate surface area is 161 Å². The molecule has 26 heavy (non-hydrogen) atoms. The van der Waals surface area contributed by atoms with Crippen LogP contribution >= 0.6 is 0 Å². The Bertz CT molecular complexity index is 770. The minimum atomic E-state index is 0.175. The molecule has 0 saturated heterocycles. The van der Waals surface area contributed by atoms with E-state index in [0.717, 1.165) is 0 Å². The Balaban J connectivity index is 2.11. The molecule has 0 nitrogen and oxygen atoms in total. The average molecular weight is 359 g/mol. The molecule has 0 heterocycles. The van der Waals surface area contributed by atoms with Crippen molar-refractivity contribution < 1.29 is 0 Å². The van der Waals surface area contributed by atoms with E-state index in [9.17, 15) is 0 Å². The van der Waals surface area contributed by atoms with E-state index in [1.807, 2.05) is 9.85 Å². The monoisotopic (exact) mass is 358 g/mol. The molecule has 3 rings (SSSR count). The van der Waals surface area contributed by atoms with Gasteiger partial charge in [0, 0.05) is 5.41 Å². The molecule has 2 aromatic rings. The lowest BCUT2D eigenvalue weighted by atomic mass is 9.71. The molecule has 0 spiro atoms. The summed E-state index contributed by atoms with van der Waals surface area (Å²) in [5, 5.41) is 0. The largest absolute Gasteiger partial charge is 0.110 e. The summed E-state index contributed by atoms with van der Waals surface area (Å²) in [6, 6.07) is 22.0. The van der Waals surface area contributed by atoms with Crippen LogP contribution in [0.4, 0.5) is 0 Å². The van der Waals surface area contributed by atoms with Crippen molar-refractivity contribution in [3.8, 4) is 0 Å². The van der Waals surface area contributed by atoms with E-state index in [1.165, 1.54) is 60.8 Å². The quantitative estimate of drug-likeness (QED) is 0.384. The Morgan fingerprint density at radius 1 is 0.846 bits per heavy atom. The molecule has 0 aromatic heterocycles. The van der Waals surface area contributed by atoms with Crippen molar-refractivity contribution in [2.24, 2.45) is 5.41 Å². The van der Waals surface area contributed by atoms with Gasteiger partial charge in [-0.05, 0) is 57.8 Å². The second kappa shape index (κ2) is 9.09. The zero-order valence-corrected chi connectivity index (χ0v) is 17.4. The molecule has 0 bridgehead atoms. The van der Waals surface area contributed by atoms with Crippen LogP contribution in [0.2, 0.25) is 0 Å². The predicted molar refractivity (Wildman–Crippen MR) is 119 cm³/mol. The first-order valence-corrected chi connectivity index (χ1v) is 10.8. The van der Waals surface area contributed by atoms with Crippen LogP contribution < -0.4 is 0 Å². The Kier molecular flexibility index (Phi) is 6.57. The molecule has 0 fully saturated rings. The average Bonchev–Trinajstić information content (AvgIpc) is 3.07. The summed E-state index contributed by atoms with van der Waals surface area (Å²) in [7, 11) is 1.98. The van der Waals surface area contributed by atoms with Gasteiger partial charge in [-0.15, -0.1) is 5.67 Å². The third kappa shape index (κ3) is 4.04. The van der Waals surface area contributed by atoms with Gasteiger partial charge < -0.3 is 0 Å². The van der Waals surface area contributed by atoms with Crippen LogP contribution in [0.3, 0.4) is 0 Å². The molecule has 1 aliphatic rings. The van der Waals surface area contributed by atoms with E-state index in [-0.39, 0.29) is 5.41 Å². The summed E-state index contributed by atoms with van der Waals surface area (Å²) in [4.78, 5) is 0. The third-order valence-electron chi connectivity index (χ3n) is 5.49. The number of rotatable bonds is 9. The van der Waals surface area contributed by atoms with Crippen molar-refractivity contribution >= 4 is 26.7 Å². The summed E-state index contributed by atoms with van der Waals surface area (Å²) in [5.41, 5.74) is 8.18. The van der Waals surface area contributed by atoms with Crippen molar-refractivity contribution in [3.05, 3.63) is 83.9 Å². The zero-order chi connectivity index (χ0) is 18.2. The van der Waals surface area contributed by atoms with Gasteiger partial charge in [0.1, 0.15) is 0 Å². The number of unbranched alkanes of at least 4 members (excludes halogenated alkanes) is 2. The number of hydrogen-bond acceptors (Lipinski definition) is 0. The maximum Gasteiger partial charge on any atom is 0.0147 e. The molecule has 1 aliphatic carbocycles. The smallest absolute Gasteiger partial charge is 0.0147 e. The highest BCUT2D eigenvalue weighted by Crippen LogP contribution is 2.52. The summed E-state index contributed by atoms with van der Waals surface area (Å²) in [5.74, 6) is 0. The molecular weight excluding hydrogens is 328 g/mol. The summed E-state index contributed by atoms with van der Waals surface area (Å²) in [6.45, 7) is 2.30. The minimum Gasteiger partial charge on any atom is -0.110 e. The summed E-state index contributed by atoms with van der Waals surface area (Å²) < 4.78 is 0. The van der Waals surface area contributed by atoms with Crippen LogP contribution in [0.15, 0.2) is 72.8 Å². The molecular formula is C25H30Si. The maximum atomic E-state index is 2.52. The van der Waals surface area contributed by atoms with Gasteiger partial charge in [-0.3, -0.25) is 0 Å². The van der Waals surface area contributed by atoms with Gasteiger partial charge >= 0.3 is 0 Å². The fourth-order valence-electron chi connectivity index (χ4n) is 4.18. The third-order valence-corrected chi connectivity index (χ3v) is 5.90. The summed E-state index contributed by atoms with van der Waals surface area (Å²) >= 11 is 0. The van der Waals surface area contributed by atoms with Crippen LogP contribution in [0.5, 0.6) is 0 Å². The maximum absolute atomic E-state index is 2.52. The highest BCUT2D eigenvalue weighted by atomic mass is 28.1. The van der Waals surface area contributed by atoms with Crippen LogP contribution in [0.1, 0.15) is 56.6 Å². The standard InChI is InChI=1S/C25H30Si/c1-2-3-17-25(18-10-11-20-26)19-16-23(21-12-6-4-7-13-21)24(25)22-14-8-5-9-15-22/h4-9,12-16,19-20H,2-3,10-11,17-18,26H2,1H3. The molecule has 2 aromatic carbocycles. The predicted octanol–water partition coefficient (Wildman–Crippen LogP) is 5.95. The fraction of sp³-hybridized carbons (Fsp3) is 0.320. The van der Waals surface area contributed by atoms with Crippen molar-refractivity contribution in [3.63, 3.8) is 0 Å². The Morgan fingerprint density at radius 3 is 2.08 bits per heavy atom. The number of hydrogen-bond donors (Lipinski definition) is 0. The Morgan fingerprint density at radius 2 is 1.46 bits per heavy atom. The minimum absolute atomic E-state index is 0.175. The lowest BCUT2D eigenvalue weighted by Gasteiger charge is -2.32. The van der Waals surface area contributed by atoms with Gasteiger partial charge in [-0.2, -0.15) is 0 Å². The molecule has 0 saturated carbocycles. The molecule has 0 N–H and O–H groups in total. The van der Waals surface area contributed by atoms with Crippen molar-refractivity contribution in [2.45, 2.75) is 45.4 Å². The van der Waals surface area contributed by atoms with E-state index < -0.39 is 0 Å². The van der Waals surface area contributed by atoms with Gasteiger partial charge in [0.05, 0.1) is 0 Å². The number of benzene rings is 2. The Hall–Kier alpha value is -1.99. The van der Waals surface area contributed by atoms with E-state index in [1.54, 1.807) is 0 Å². The molecule has 134 valence electrons. The van der Waals surface area contributed by atoms with Crippen molar-refractivity contribution in [1.82, 2.24) is 0 Å². The van der Waals surface area contributed by atoms with Crippen molar-refractivity contribution in [2.75, 3.05) is 0 Å².